The van der Waals surface area contributed by atoms with Gasteiger partial charge in [0.05, 0.1) is 16.7 Å². The monoisotopic (exact) mass is 369 g/mol. The van der Waals surface area contributed by atoms with Crippen LogP contribution in [0.25, 0.3) is 0 Å². The van der Waals surface area contributed by atoms with E-state index in [4.69, 9.17) is 17.3 Å². The summed E-state index contributed by atoms with van der Waals surface area (Å²) in [6.07, 6.45) is 0. The zero-order chi connectivity index (χ0) is 15.7. The largest absolute Gasteiger partial charge is 0.366 e. The van der Waals surface area contributed by atoms with Crippen LogP contribution >= 0.6 is 27.5 Å². The SMILES string of the molecule is Cc1nc(=O)n(Cc2ccc(C(N)=O)cc2Cl)c(C)c1Br. The summed E-state index contributed by atoms with van der Waals surface area (Å²) in [4.78, 5) is 27.1. The minimum Gasteiger partial charge on any atom is -0.366 e. The van der Waals surface area contributed by atoms with Crippen molar-refractivity contribution in [1.29, 1.82) is 0 Å². The fourth-order valence-electron chi connectivity index (χ4n) is 1.96. The fourth-order valence-corrected chi connectivity index (χ4v) is 2.51. The van der Waals surface area contributed by atoms with Gasteiger partial charge in [-0.3, -0.25) is 9.36 Å². The van der Waals surface area contributed by atoms with Crippen molar-refractivity contribution in [3.05, 3.63) is 60.7 Å². The normalized spacial score (nSPS) is 10.7. The van der Waals surface area contributed by atoms with E-state index in [9.17, 15) is 9.59 Å². The summed E-state index contributed by atoms with van der Waals surface area (Å²) >= 11 is 9.55. The fraction of sp³-hybridized carbons (Fsp3) is 0.214. The second kappa shape index (κ2) is 5.99. The highest BCUT2D eigenvalue weighted by Gasteiger charge is 2.12. The van der Waals surface area contributed by atoms with E-state index in [0.717, 1.165) is 10.2 Å². The third-order valence-electron chi connectivity index (χ3n) is 3.20. The van der Waals surface area contributed by atoms with Crippen LogP contribution < -0.4 is 11.4 Å². The smallest absolute Gasteiger partial charge is 0.348 e. The molecular weight excluding hydrogens is 358 g/mol. The number of amides is 1. The molecule has 1 heterocycles. The summed E-state index contributed by atoms with van der Waals surface area (Å²) < 4.78 is 2.30. The molecule has 0 saturated heterocycles. The average Bonchev–Trinajstić information content (AvgIpc) is 2.42. The highest BCUT2D eigenvalue weighted by atomic mass is 79.9. The van der Waals surface area contributed by atoms with Gasteiger partial charge in [0.2, 0.25) is 5.91 Å². The first-order chi connectivity index (χ1) is 9.81. The summed E-state index contributed by atoms with van der Waals surface area (Å²) in [6.45, 7) is 3.86. The number of rotatable bonds is 3. The molecule has 0 aliphatic carbocycles. The lowest BCUT2D eigenvalue weighted by molar-refractivity contribution is 0.100. The quantitative estimate of drug-likeness (QED) is 0.901. The molecule has 21 heavy (non-hydrogen) atoms. The molecule has 0 fully saturated rings. The number of hydrogen-bond donors (Lipinski definition) is 1. The Balaban J connectivity index is 2.46. The van der Waals surface area contributed by atoms with Crippen LogP contribution in [0.4, 0.5) is 0 Å². The molecule has 5 nitrogen and oxygen atoms in total. The number of aromatic nitrogens is 2. The van der Waals surface area contributed by atoms with Gasteiger partial charge in [-0.15, -0.1) is 0 Å². The number of carbonyl (C=O) groups is 1. The molecule has 0 saturated carbocycles. The Morgan fingerprint density at radius 1 is 1.43 bits per heavy atom. The van der Waals surface area contributed by atoms with Crippen LogP contribution in [0.3, 0.4) is 0 Å². The molecule has 0 aliphatic heterocycles. The number of nitrogens with zero attached hydrogens (tertiary/aromatic N) is 2. The first kappa shape index (κ1) is 15.7. The van der Waals surface area contributed by atoms with E-state index < -0.39 is 5.91 Å². The highest BCUT2D eigenvalue weighted by molar-refractivity contribution is 9.10. The van der Waals surface area contributed by atoms with Crippen LogP contribution in [0.15, 0.2) is 27.5 Å². The van der Waals surface area contributed by atoms with Gasteiger partial charge in [0, 0.05) is 16.3 Å². The summed E-state index contributed by atoms with van der Waals surface area (Å²) in [5.74, 6) is -0.545. The Labute approximate surface area is 134 Å². The molecule has 110 valence electrons. The van der Waals surface area contributed by atoms with Crippen molar-refractivity contribution in [2.45, 2.75) is 20.4 Å². The second-order valence-electron chi connectivity index (χ2n) is 4.64. The summed E-state index contributed by atoms with van der Waals surface area (Å²) in [5, 5.41) is 0.384. The van der Waals surface area contributed by atoms with E-state index in [2.05, 4.69) is 20.9 Å². The lowest BCUT2D eigenvalue weighted by Crippen LogP contribution is -2.27. The lowest BCUT2D eigenvalue weighted by atomic mass is 10.1. The molecular formula is C14H13BrClN3O2. The van der Waals surface area contributed by atoms with Crippen molar-refractivity contribution in [1.82, 2.24) is 9.55 Å². The molecule has 0 spiro atoms. The molecule has 0 bridgehead atoms. The van der Waals surface area contributed by atoms with Crippen molar-refractivity contribution in [2.24, 2.45) is 5.73 Å². The van der Waals surface area contributed by atoms with Crippen LogP contribution in [0.5, 0.6) is 0 Å². The van der Waals surface area contributed by atoms with Crippen LogP contribution in [-0.4, -0.2) is 15.5 Å². The topological polar surface area (TPSA) is 78.0 Å². The van der Waals surface area contributed by atoms with Gasteiger partial charge < -0.3 is 5.73 Å². The van der Waals surface area contributed by atoms with Crippen molar-refractivity contribution in [3.63, 3.8) is 0 Å². The molecule has 0 unspecified atom stereocenters. The number of aryl methyl sites for hydroxylation is 1. The maximum absolute atomic E-state index is 12.0. The molecule has 2 aromatic rings. The summed E-state index contributed by atoms with van der Waals surface area (Å²) in [7, 11) is 0. The first-order valence-corrected chi connectivity index (χ1v) is 7.30. The number of nitrogens with two attached hydrogens (primary N) is 1. The zero-order valence-corrected chi connectivity index (χ0v) is 13.8. The van der Waals surface area contributed by atoms with Crippen molar-refractivity contribution < 1.29 is 4.79 Å². The van der Waals surface area contributed by atoms with Crippen LogP contribution in [0.1, 0.15) is 27.3 Å². The van der Waals surface area contributed by atoms with Crippen molar-refractivity contribution in [3.8, 4) is 0 Å². The molecule has 1 aromatic heterocycles. The van der Waals surface area contributed by atoms with Gasteiger partial charge in [-0.1, -0.05) is 17.7 Å². The predicted molar refractivity (Wildman–Crippen MR) is 84.7 cm³/mol. The van der Waals surface area contributed by atoms with Gasteiger partial charge in [-0.25, -0.2) is 4.79 Å². The first-order valence-electron chi connectivity index (χ1n) is 6.13. The lowest BCUT2D eigenvalue weighted by Gasteiger charge is -2.13. The molecule has 1 aromatic carbocycles. The van der Waals surface area contributed by atoms with Gasteiger partial charge >= 0.3 is 5.69 Å². The molecule has 0 atom stereocenters. The highest BCUT2D eigenvalue weighted by Crippen LogP contribution is 2.21. The third kappa shape index (κ3) is 3.16. The van der Waals surface area contributed by atoms with Gasteiger partial charge in [0.15, 0.2) is 0 Å². The van der Waals surface area contributed by atoms with Gasteiger partial charge in [0.25, 0.3) is 0 Å². The Morgan fingerprint density at radius 3 is 2.67 bits per heavy atom. The molecule has 2 rings (SSSR count). The van der Waals surface area contributed by atoms with Gasteiger partial charge in [-0.05, 0) is 47.5 Å². The molecule has 0 aliphatic rings. The van der Waals surface area contributed by atoms with Crippen LogP contribution in [0.2, 0.25) is 5.02 Å². The van der Waals surface area contributed by atoms with E-state index >= 15 is 0 Å². The maximum atomic E-state index is 12.0. The second-order valence-corrected chi connectivity index (χ2v) is 5.84. The molecule has 0 radical (unpaired) electrons. The van der Waals surface area contributed by atoms with Gasteiger partial charge in [-0.2, -0.15) is 4.98 Å². The number of hydrogen-bond acceptors (Lipinski definition) is 3. The number of halogens is 2. The third-order valence-corrected chi connectivity index (χ3v) is 4.70. The van der Waals surface area contributed by atoms with E-state index in [1.807, 2.05) is 6.92 Å². The summed E-state index contributed by atoms with van der Waals surface area (Å²) in [6, 6.07) is 4.76. The van der Waals surface area contributed by atoms with E-state index in [1.54, 1.807) is 19.1 Å². The minimum absolute atomic E-state index is 0.272. The van der Waals surface area contributed by atoms with Crippen molar-refractivity contribution in [2.75, 3.05) is 0 Å². The summed E-state index contributed by atoms with van der Waals surface area (Å²) in [5.41, 5.74) is 7.31. The van der Waals surface area contributed by atoms with E-state index in [-0.39, 0.29) is 12.2 Å². The van der Waals surface area contributed by atoms with Crippen LogP contribution in [-0.2, 0) is 6.54 Å². The molecule has 7 heteroatoms. The van der Waals surface area contributed by atoms with Crippen LogP contribution in [0, 0.1) is 13.8 Å². The standard InChI is InChI=1S/C14H13BrClN3O2/c1-7-12(15)8(2)19(14(21)18-7)6-10-4-3-9(13(17)20)5-11(10)16/h3-5H,6H2,1-2H3,(H2,17,20). The van der Waals surface area contributed by atoms with E-state index in [1.165, 1.54) is 10.6 Å². The molecule has 2 N–H and O–H groups in total. The van der Waals surface area contributed by atoms with Gasteiger partial charge in [0.1, 0.15) is 0 Å². The number of benzene rings is 1. The number of carbonyl (C=O) groups excluding carboxylic acids is 1. The Hall–Kier alpha value is -1.66. The van der Waals surface area contributed by atoms with E-state index in [0.29, 0.717) is 21.8 Å². The van der Waals surface area contributed by atoms with Crippen molar-refractivity contribution >= 4 is 33.4 Å². The minimum atomic E-state index is -0.545. The predicted octanol–water partition coefficient (Wildman–Crippen LogP) is 2.42. The molecule has 1 amide bonds. The Bertz CT molecular complexity index is 787. The Morgan fingerprint density at radius 2 is 2.10 bits per heavy atom. The Kier molecular flexibility index (Phi) is 4.49. The maximum Gasteiger partial charge on any atom is 0.348 e. The average molecular weight is 371 g/mol. The number of primary amides is 1. The zero-order valence-electron chi connectivity index (χ0n) is 11.5.